The maximum atomic E-state index is 12.6. The van der Waals surface area contributed by atoms with Crippen LogP contribution in [0, 0.1) is 23.7 Å². The minimum atomic E-state index is -0.970. The van der Waals surface area contributed by atoms with Gasteiger partial charge in [0, 0.05) is 82.8 Å². The molecule has 2 atom stereocenters. The summed E-state index contributed by atoms with van der Waals surface area (Å²) in [6.07, 6.45) is 34.2. The number of aryl methyl sites for hydroxylation is 1. The Bertz CT molecular complexity index is 1890. The Morgan fingerprint density at radius 3 is 1.55 bits per heavy atom. The average molecular weight is 1180 g/mol. The number of hydrogen-bond donors (Lipinski definition) is 6. The molecule has 1 fully saturated rings. The van der Waals surface area contributed by atoms with Gasteiger partial charge in [0.2, 0.25) is 11.8 Å². The third-order valence-electron chi connectivity index (χ3n) is 15.2. The van der Waals surface area contributed by atoms with Gasteiger partial charge in [-0.3, -0.25) is 43.2 Å². The number of carboxylic acids is 3. The number of hydrogen-bond acceptors (Lipinski definition) is 14. The summed E-state index contributed by atoms with van der Waals surface area (Å²) in [6, 6.07) is 0. The summed E-state index contributed by atoms with van der Waals surface area (Å²) in [7, 11) is 0. The Labute approximate surface area is 495 Å². The van der Waals surface area contributed by atoms with Crippen LogP contribution in [0.1, 0.15) is 238 Å². The number of ketones is 4. The number of carbonyl (C=O) groups excluding carboxylic acids is 6. The molecule has 0 saturated heterocycles. The van der Waals surface area contributed by atoms with E-state index < -0.39 is 29.7 Å². The summed E-state index contributed by atoms with van der Waals surface area (Å²) in [5.41, 5.74) is 0.844. The molecule has 20 heteroatoms. The predicted octanol–water partition coefficient (Wildman–Crippen LogP) is 10.5. The van der Waals surface area contributed by atoms with Crippen molar-refractivity contribution in [3.8, 4) is 0 Å². The molecule has 0 aliphatic heterocycles. The number of amides is 2. The third kappa shape index (κ3) is 47.1. The minimum Gasteiger partial charge on any atom is -0.481 e. The van der Waals surface area contributed by atoms with Crippen molar-refractivity contribution in [2.24, 2.45) is 23.7 Å². The summed E-state index contributed by atoms with van der Waals surface area (Å²) in [4.78, 5) is 112. The molecule has 2 rings (SSSR count). The first-order valence-corrected chi connectivity index (χ1v) is 31.7. The van der Waals surface area contributed by atoms with E-state index in [1.807, 2.05) is 6.92 Å². The fraction of sp³-hybridized carbons (Fsp3) is 0.810. The lowest BCUT2D eigenvalue weighted by atomic mass is 9.76. The first kappa shape index (κ1) is 76.1. The van der Waals surface area contributed by atoms with Gasteiger partial charge >= 0.3 is 17.9 Å². The van der Waals surface area contributed by atoms with Crippen LogP contribution >= 0.6 is 0 Å². The van der Waals surface area contributed by atoms with Gasteiger partial charge in [0.05, 0.1) is 57.8 Å². The molecule has 1 aliphatic carbocycles. The van der Waals surface area contributed by atoms with Gasteiger partial charge in [-0.2, -0.15) is 0 Å². The number of carboxylic acid groups (broad SMARTS) is 3. The van der Waals surface area contributed by atoms with E-state index in [4.69, 9.17) is 24.1 Å². The molecule has 1 aliphatic rings. The molecule has 0 aromatic carbocycles. The van der Waals surface area contributed by atoms with Crippen LogP contribution in [-0.4, -0.2) is 144 Å². The Hall–Kier alpha value is -4.92. The van der Waals surface area contributed by atoms with Gasteiger partial charge in [-0.15, -0.1) is 0 Å². The van der Waals surface area contributed by atoms with E-state index in [1.165, 1.54) is 90.3 Å². The van der Waals surface area contributed by atoms with Crippen molar-refractivity contribution in [3.63, 3.8) is 0 Å². The number of aromatic nitrogens is 2. The summed E-state index contributed by atoms with van der Waals surface area (Å²) in [5.74, 6) is -3.16. The minimum absolute atomic E-state index is 0.0127. The van der Waals surface area contributed by atoms with Crippen molar-refractivity contribution in [1.29, 1.82) is 0 Å². The van der Waals surface area contributed by atoms with Crippen molar-refractivity contribution in [2.75, 3.05) is 65.9 Å². The Morgan fingerprint density at radius 2 is 1.04 bits per heavy atom. The fourth-order valence-electron chi connectivity index (χ4n) is 10.2. The maximum absolute atomic E-state index is 12.6. The highest BCUT2D eigenvalue weighted by Crippen LogP contribution is 2.34. The number of carbonyl (C=O) groups is 9. The summed E-state index contributed by atoms with van der Waals surface area (Å²) in [6.45, 7) is 5.82. The summed E-state index contributed by atoms with van der Waals surface area (Å²) >= 11 is 0. The van der Waals surface area contributed by atoms with Crippen LogP contribution in [0.2, 0.25) is 0 Å². The van der Waals surface area contributed by atoms with Crippen molar-refractivity contribution in [3.05, 3.63) is 18.2 Å². The van der Waals surface area contributed by atoms with Crippen LogP contribution < -0.4 is 10.6 Å². The van der Waals surface area contributed by atoms with E-state index in [2.05, 4.69) is 20.6 Å². The number of aliphatic carboxylic acids is 3. The van der Waals surface area contributed by atoms with E-state index >= 15 is 0 Å². The third-order valence-corrected chi connectivity index (χ3v) is 15.2. The monoisotopic (exact) mass is 1180 g/mol. The van der Waals surface area contributed by atoms with Gasteiger partial charge in [-0.25, -0.2) is 4.98 Å². The average Bonchev–Trinajstić information content (AvgIpc) is 4.04. The molecule has 0 unspecified atom stereocenters. The molecule has 6 N–H and O–H groups in total. The summed E-state index contributed by atoms with van der Waals surface area (Å²) < 4.78 is 21.1. The van der Waals surface area contributed by atoms with Crippen LogP contribution in [0.3, 0.4) is 0 Å². The molecule has 1 saturated carbocycles. The highest BCUT2D eigenvalue weighted by atomic mass is 16.5. The molecule has 1 heterocycles. The van der Waals surface area contributed by atoms with Gasteiger partial charge in [-0.1, -0.05) is 116 Å². The largest absolute Gasteiger partial charge is 0.481 e. The van der Waals surface area contributed by atoms with E-state index in [0.29, 0.717) is 109 Å². The van der Waals surface area contributed by atoms with Crippen molar-refractivity contribution < 1.29 is 77.4 Å². The molecule has 2 amide bonds. The van der Waals surface area contributed by atoms with Crippen molar-refractivity contribution >= 4 is 52.9 Å². The van der Waals surface area contributed by atoms with E-state index in [0.717, 1.165) is 69.9 Å². The summed E-state index contributed by atoms with van der Waals surface area (Å²) in [5, 5.41) is 32.6. The molecule has 20 nitrogen and oxygen atoms in total. The van der Waals surface area contributed by atoms with Crippen molar-refractivity contribution in [2.45, 2.75) is 239 Å². The van der Waals surface area contributed by atoms with Gasteiger partial charge in [0.15, 0.2) is 5.78 Å². The lowest BCUT2D eigenvalue weighted by molar-refractivity contribution is -0.145. The van der Waals surface area contributed by atoms with Gasteiger partial charge < -0.3 is 49.9 Å². The zero-order chi connectivity index (χ0) is 61.0. The number of nitrogens with one attached hydrogen (secondary N) is 3. The van der Waals surface area contributed by atoms with Crippen molar-refractivity contribution in [1.82, 2.24) is 20.6 Å². The maximum Gasteiger partial charge on any atom is 0.306 e. The standard InChI is InChI=1S/C35H62O6.C28H46N4O10/c1-2-19-31(35(40)41)28-33(37)30-25-22-29(23-26-30)24-27-32(36)20-17-15-13-11-9-7-5-3-4-6-8-10-12-14-16-18-21-34(38)39;1-22(33)30-9-11-39-14-16-42-20-27(36)31-10-12-40-13-15-41-19-26(35)6-4-2-3-5-23(28(37)38)17-25(34)8-7-24-18-29-21-32-24/h29-31H,2-28H2,1H3,(H,38,39)(H,40,41);18,21,23H,2-17,19-20H2,1H3,(H,29,32)(H,30,33)(H,31,36)(H,37,38)/t29?,30?,31-;23-/m11/s1. The van der Waals surface area contributed by atoms with Crippen LogP contribution in [0.4, 0.5) is 0 Å². The molecule has 83 heavy (non-hydrogen) atoms. The Kier molecular flexibility index (Phi) is 48.2. The van der Waals surface area contributed by atoms with E-state index in [9.17, 15) is 53.4 Å². The highest BCUT2D eigenvalue weighted by Gasteiger charge is 2.30. The molecule has 0 radical (unpaired) electrons. The molecule has 0 spiro atoms. The fourth-order valence-corrected chi connectivity index (χ4v) is 10.2. The molecule has 1 aromatic heterocycles. The van der Waals surface area contributed by atoms with Crippen LogP contribution in [-0.2, 0) is 68.5 Å². The second kappa shape index (κ2) is 52.6. The topological polar surface area (TPSA) is 304 Å². The molecule has 476 valence electrons. The number of imidazole rings is 1. The molecule has 1 aromatic rings. The SMILES string of the molecule is CC(=O)NCCOCCOCC(=O)NCCOCCOCC(=O)CCCCC[C@H](CC(=O)CCc1cnc[nH]1)C(=O)O.CCC[C@H](CC(=O)C1CCC(CCC(=O)CCCCCCCCCCCCCCCCCCC(=O)O)CC1)C(=O)O. The second-order valence-corrected chi connectivity index (χ2v) is 22.5. The number of nitrogens with zero attached hydrogens (tertiary/aromatic N) is 1. The van der Waals surface area contributed by atoms with Gasteiger partial charge in [0.1, 0.15) is 30.6 Å². The zero-order valence-corrected chi connectivity index (χ0v) is 50.9. The smallest absolute Gasteiger partial charge is 0.306 e. The van der Waals surface area contributed by atoms with Crippen LogP contribution in [0.25, 0.3) is 0 Å². The zero-order valence-electron chi connectivity index (χ0n) is 50.9. The normalized spacial score (nSPS) is 14.7. The van der Waals surface area contributed by atoms with Gasteiger partial charge in [-0.05, 0) is 76.5 Å². The molecular formula is C63H108N4O16. The first-order valence-electron chi connectivity index (χ1n) is 31.7. The number of H-pyrrole nitrogens is 1. The number of unbranched alkanes of at least 4 members (excludes halogenated alkanes) is 17. The number of aromatic amines is 1. The second-order valence-electron chi connectivity index (χ2n) is 22.5. The number of rotatable bonds is 56. The molecular weight excluding hydrogens is 1070 g/mol. The quantitative estimate of drug-likeness (QED) is 0.0330. The van der Waals surface area contributed by atoms with Crippen LogP contribution in [0.15, 0.2) is 12.5 Å². The first-order chi connectivity index (χ1) is 40.1. The number of ether oxygens (including phenoxy) is 4. The number of Topliss-reactive ketones (excluding diaryl/α,β-unsaturated/α-hetero) is 4. The predicted molar refractivity (Wildman–Crippen MR) is 317 cm³/mol. The van der Waals surface area contributed by atoms with E-state index in [1.54, 1.807) is 6.20 Å². The highest BCUT2D eigenvalue weighted by molar-refractivity contribution is 5.86. The molecule has 0 bridgehead atoms. The van der Waals surface area contributed by atoms with Crippen LogP contribution in [0.5, 0.6) is 0 Å². The Morgan fingerprint density at radius 1 is 0.542 bits per heavy atom. The Balaban J connectivity index is 0.000000830. The lowest BCUT2D eigenvalue weighted by Crippen LogP contribution is -2.31. The lowest BCUT2D eigenvalue weighted by Gasteiger charge is -2.28. The van der Waals surface area contributed by atoms with E-state index in [-0.39, 0.29) is 87.4 Å². The van der Waals surface area contributed by atoms with Gasteiger partial charge in [0.25, 0.3) is 0 Å².